The van der Waals surface area contributed by atoms with Gasteiger partial charge in [0.1, 0.15) is 5.82 Å². The van der Waals surface area contributed by atoms with Crippen molar-refractivity contribution in [2.75, 3.05) is 13.1 Å². The Balaban J connectivity index is 2.01. The van der Waals surface area contributed by atoms with Gasteiger partial charge in [-0.15, -0.1) is 0 Å². The number of Topliss-reactive ketones (excluding diaryl/α,β-unsaturated/α-hetero) is 1. The SMILES string of the molecule is CCCCCCCNCCCC(=O)c1ccc(F)cc1. The normalized spacial score (nSPS) is 10.7. The van der Waals surface area contributed by atoms with Crippen molar-refractivity contribution in [3.8, 4) is 0 Å². The fourth-order valence-electron chi connectivity index (χ4n) is 2.13. The van der Waals surface area contributed by atoms with Crippen LogP contribution in [-0.4, -0.2) is 18.9 Å². The molecule has 0 aliphatic rings. The van der Waals surface area contributed by atoms with Gasteiger partial charge in [-0.25, -0.2) is 4.39 Å². The van der Waals surface area contributed by atoms with E-state index in [4.69, 9.17) is 0 Å². The van der Waals surface area contributed by atoms with E-state index in [0.717, 1.165) is 19.5 Å². The molecule has 3 heteroatoms. The van der Waals surface area contributed by atoms with Gasteiger partial charge in [0.25, 0.3) is 0 Å². The Labute approximate surface area is 121 Å². The molecule has 1 rings (SSSR count). The summed E-state index contributed by atoms with van der Waals surface area (Å²) in [6.45, 7) is 4.13. The Morgan fingerprint density at radius 3 is 2.35 bits per heavy atom. The number of carbonyl (C=O) groups is 1. The molecule has 0 fully saturated rings. The molecule has 0 aliphatic heterocycles. The molecule has 0 radical (unpaired) electrons. The fraction of sp³-hybridized carbons (Fsp3) is 0.588. The van der Waals surface area contributed by atoms with Gasteiger partial charge in [-0.2, -0.15) is 0 Å². The van der Waals surface area contributed by atoms with Crippen LogP contribution in [0.3, 0.4) is 0 Å². The number of benzene rings is 1. The van der Waals surface area contributed by atoms with Crippen LogP contribution in [0.15, 0.2) is 24.3 Å². The first-order valence-electron chi connectivity index (χ1n) is 7.73. The van der Waals surface area contributed by atoms with Crippen LogP contribution in [0.2, 0.25) is 0 Å². The molecule has 1 N–H and O–H groups in total. The number of halogens is 1. The molecule has 0 unspecified atom stereocenters. The summed E-state index contributed by atoms with van der Waals surface area (Å²) in [4.78, 5) is 11.8. The third-order valence-electron chi connectivity index (χ3n) is 3.38. The molecule has 0 spiro atoms. The average Bonchev–Trinajstić information content (AvgIpc) is 2.46. The Kier molecular flexibility index (Phi) is 8.88. The molecule has 112 valence electrons. The van der Waals surface area contributed by atoms with Crippen molar-refractivity contribution in [3.05, 3.63) is 35.6 Å². The quantitative estimate of drug-likeness (QED) is 0.482. The van der Waals surface area contributed by atoms with Gasteiger partial charge in [0.2, 0.25) is 0 Å². The highest BCUT2D eigenvalue weighted by Gasteiger charge is 2.05. The second-order valence-electron chi connectivity index (χ2n) is 5.20. The monoisotopic (exact) mass is 279 g/mol. The van der Waals surface area contributed by atoms with E-state index < -0.39 is 0 Å². The van der Waals surface area contributed by atoms with Gasteiger partial charge < -0.3 is 5.32 Å². The number of hydrogen-bond acceptors (Lipinski definition) is 2. The minimum Gasteiger partial charge on any atom is -0.317 e. The molecular weight excluding hydrogens is 253 g/mol. The van der Waals surface area contributed by atoms with Gasteiger partial charge in [0.05, 0.1) is 0 Å². The van der Waals surface area contributed by atoms with Gasteiger partial charge in [0, 0.05) is 12.0 Å². The minimum atomic E-state index is -0.300. The molecule has 0 amide bonds. The molecule has 1 aromatic rings. The molecule has 0 atom stereocenters. The number of ketones is 1. The van der Waals surface area contributed by atoms with Gasteiger partial charge in [-0.3, -0.25) is 4.79 Å². The molecular formula is C17H26FNO. The summed E-state index contributed by atoms with van der Waals surface area (Å²) in [6, 6.07) is 5.78. The Hall–Kier alpha value is -1.22. The van der Waals surface area contributed by atoms with Crippen LogP contribution in [0.1, 0.15) is 62.2 Å². The van der Waals surface area contributed by atoms with Crippen LogP contribution in [-0.2, 0) is 0 Å². The van der Waals surface area contributed by atoms with Crippen molar-refractivity contribution in [3.63, 3.8) is 0 Å². The fourth-order valence-corrected chi connectivity index (χ4v) is 2.13. The predicted molar refractivity (Wildman–Crippen MR) is 81.6 cm³/mol. The smallest absolute Gasteiger partial charge is 0.162 e. The molecule has 0 heterocycles. The van der Waals surface area contributed by atoms with Crippen LogP contribution in [0.25, 0.3) is 0 Å². The van der Waals surface area contributed by atoms with Crippen molar-refractivity contribution in [2.45, 2.75) is 51.9 Å². The lowest BCUT2D eigenvalue weighted by Crippen LogP contribution is -2.17. The van der Waals surface area contributed by atoms with E-state index in [-0.39, 0.29) is 11.6 Å². The minimum absolute atomic E-state index is 0.0924. The summed E-state index contributed by atoms with van der Waals surface area (Å²) in [7, 11) is 0. The second kappa shape index (κ2) is 10.6. The first-order chi connectivity index (χ1) is 9.74. The maximum atomic E-state index is 12.7. The zero-order valence-corrected chi connectivity index (χ0v) is 12.5. The topological polar surface area (TPSA) is 29.1 Å². The summed E-state index contributed by atoms with van der Waals surface area (Å²) in [5.41, 5.74) is 0.603. The van der Waals surface area contributed by atoms with Gasteiger partial charge in [-0.1, -0.05) is 32.6 Å². The Bertz CT molecular complexity index is 375. The standard InChI is InChI=1S/C17H26FNO/c1-2-3-4-5-6-13-19-14-7-8-17(20)15-9-11-16(18)12-10-15/h9-12,19H,2-8,13-14H2,1H3. The predicted octanol–water partition coefficient (Wildman–Crippen LogP) is 4.35. The number of nitrogens with one attached hydrogen (secondary N) is 1. The van der Waals surface area contributed by atoms with Gasteiger partial charge >= 0.3 is 0 Å². The highest BCUT2D eigenvalue weighted by molar-refractivity contribution is 5.95. The second-order valence-corrected chi connectivity index (χ2v) is 5.20. The van der Waals surface area contributed by atoms with E-state index in [2.05, 4.69) is 12.2 Å². The number of hydrogen-bond donors (Lipinski definition) is 1. The van der Waals surface area contributed by atoms with Crippen molar-refractivity contribution in [1.82, 2.24) is 5.32 Å². The summed E-state index contributed by atoms with van der Waals surface area (Å²) in [5.74, 6) is -0.207. The number of rotatable bonds is 11. The van der Waals surface area contributed by atoms with E-state index in [9.17, 15) is 9.18 Å². The lowest BCUT2D eigenvalue weighted by atomic mass is 10.1. The van der Waals surface area contributed by atoms with Crippen molar-refractivity contribution in [1.29, 1.82) is 0 Å². The third kappa shape index (κ3) is 7.39. The van der Waals surface area contributed by atoms with Gasteiger partial charge in [-0.05, 0) is 50.2 Å². The highest BCUT2D eigenvalue weighted by Crippen LogP contribution is 2.07. The molecule has 0 aromatic heterocycles. The summed E-state index contributed by atoms with van der Waals surface area (Å²) < 4.78 is 12.7. The van der Waals surface area contributed by atoms with Crippen molar-refractivity contribution in [2.24, 2.45) is 0 Å². The van der Waals surface area contributed by atoms with E-state index in [1.165, 1.54) is 44.2 Å². The Morgan fingerprint density at radius 1 is 1.00 bits per heavy atom. The number of unbranched alkanes of at least 4 members (excludes halogenated alkanes) is 4. The van der Waals surface area contributed by atoms with Crippen LogP contribution < -0.4 is 5.32 Å². The Morgan fingerprint density at radius 2 is 1.65 bits per heavy atom. The molecule has 0 aliphatic carbocycles. The molecule has 20 heavy (non-hydrogen) atoms. The lowest BCUT2D eigenvalue weighted by molar-refractivity contribution is 0.0980. The maximum Gasteiger partial charge on any atom is 0.162 e. The first-order valence-corrected chi connectivity index (χ1v) is 7.73. The zero-order valence-electron chi connectivity index (χ0n) is 12.5. The van der Waals surface area contributed by atoms with Gasteiger partial charge in [0.15, 0.2) is 5.78 Å². The van der Waals surface area contributed by atoms with Crippen molar-refractivity contribution < 1.29 is 9.18 Å². The van der Waals surface area contributed by atoms with E-state index >= 15 is 0 Å². The molecule has 0 saturated heterocycles. The summed E-state index contributed by atoms with van der Waals surface area (Å²) >= 11 is 0. The molecule has 0 bridgehead atoms. The lowest BCUT2D eigenvalue weighted by Gasteiger charge is -2.04. The van der Waals surface area contributed by atoms with Crippen LogP contribution in [0.4, 0.5) is 4.39 Å². The highest BCUT2D eigenvalue weighted by atomic mass is 19.1. The zero-order chi connectivity index (χ0) is 14.6. The maximum absolute atomic E-state index is 12.7. The van der Waals surface area contributed by atoms with E-state index in [1.54, 1.807) is 12.1 Å². The first kappa shape index (κ1) is 16.8. The van der Waals surface area contributed by atoms with E-state index in [0.29, 0.717) is 12.0 Å². The largest absolute Gasteiger partial charge is 0.317 e. The van der Waals surface area contributed by atoms with E-state index in [1.807, 2.05) is 0 Å². The number of carbonyl (C=O) groups excluding carboxylic acids is 1. The van der Waals surface area contributed by atoms with Crippen LogP contribution >= 0.6 is 0 Å². The molecule has 2 nitrogen and oxygen atoms in total. The van der Waals surface area contributed by atoms with Crippen LogP contribution in [0.5, 0.6) is 0 Å². The summed E-state index contributed by atoms with van der Waals surface area (Å²) in [5, 5.41) is 3.37. The molecule has 1 aromatic carbocycles. The third-order valence-corrected chi connectivity index (χ3v) is 3.38. The average molecular weight is 279 g/mol. The molecule has 0 saturated carbocycles. The van der Waals surface area contributed by atoms with Crippen molar-refractivity contribution >= 4 is 5.78 Å². The summed E-state index contributed by atoms with van der Waals surface area (Å²) in [6.07, 6.45) is 7.78. The van der Waals surface area contributed by atoms with Crippen LogP contribution in [0, 0.1) is 5.82 Å².